The van der Waals surface area contributed by atoms with Gasteiger partial charge >= 0.3 is 0 Å². The second-order valence-electron chi connectivity index (χ2n) is 13.0. The molecule has 10 rings (SSSR count). The molecule has 49 heavy (non-hydrogen) atoms. The third-order valence-corrected chi connectivity index (χ3v) is 10.2. The Morgan fingerprint density at radius 3 is 2.02 bits per heavy atom. The van der Waals surface area contributed by atoms with E-state index < -0.39 is 0 Å². The van der Waals surface area contributed by atoms with Gasteiger partial charge in [-0.1, -0.05) is 133 Å². The van der Waals surface area contributed by atoms with E-state index in [0.717, 1.165) is 5.70 Å². The quantitative estimate of drug-likeness (QED) is 0.150. The molecule has 1 aromatic heterocycles. The number of rotatable bonds is 4. The topological polar surface area (TPSA) is 29.0 Å². The van der Waals surface area contributed by atoms with Crippen LogP contribution in [0, 0.1) is 0 Å². The lowest BCUT2D eigenvalue weighted by atomic mass is 9.92. The van der Waals surface area contributed by atoms with Crippen LogP contribution in [-0.2, 0) is 0 Å². The molecule has 3 heteroatoms. The Labute approximate surface area is 284 Å². The fourth-order valence-corrected chi connectivity index (χ4v) is 7.99. The van der Waals surface area contributed by atoms with Gasteiger partial charge in [-0.3, -0.25) is 5.32 Å². The van der Waals surface area contributed by atoms with Gasteiger partial charge in [-0.05, 0) is 85.9 Å². The summed E-state index contributed by atoms with van der Waals surface area (Å²) in [6.45, 7) is 0. The first-order chi connectivity index (χ1) is 24.3. The predicted octanol–water partition coefficient (Wildman–Crippen LogP) is 11.2. The van der Waals surface area contributed by atoms with Gasteiger partial charge in [0.25, 0.3) is 0 Å². The summed E-state index contributed by atoms with van der Waals surface area (Å²) < 4.78 is 2.40. The van der Waals surface area contributed by atoms with Crippen LogP contribution in [0.1, 0.15) is 28.9 Å². The molecular formula is C46H33N3. The molecule has 1 aliphatic rings. The van der Waals surface area contributed by atoms with Crippen LogP contribution in [-0.4, -0.2) is 4.57 Å². The van der Waals surface area contributed by atoms with E-state index in [0.29, 0.717) is 0 Å². The number of nitrogens with zero attached hydrogens (tertiary/aromatic N) is 1. The van der Waals surface area contributed by atoms with Crippen LogP contribution in [0.25, 0.3) is 65.5 Å². The maximum atomic E-state index is 3.99. The number of nitrogens with one attached hydrogen (secondary N) is 2. The molecule has 2 heterocycles. The molecule has 0 amide bonds. The minimum atomic E-state index is -0.0800. The Morgan fingerprint density at radius 2 is 1.16 bits per heavy atom. The Kier molecular flexibility index (Phi) is 6.39. The largest absolute Gasteiger partial charge is 0.366 e. The molecule has 0 radical (unpaired) electrons. The fraction of sp³-hybridized carbons (Fsp3) is 0.0435. The van der Waals surface area contributed by atoms with Crippen molar-refractivity contribution in [3.05, 3.63) is 193 Å². The lowest BCUT2D eigenvalue weighted by Gasteiger charge is -2.34. The molecule has 3 nitrogen and oxygen atoms in total. The van der Waals surface area contributed by atoms with Gasteiger partial charge in [-0.15, -0.1) is 0 Å². The first-order valence-electron chi connectivity index (χ1n) is 17.0. The Morgan fingerprint density at radius 1 is 0.469 bits per heavy atom. The zero-order valence-electron chi connectivity index (χ0n) is 26.8. The number of hydrogen-bond donors (Lipinski definition) is 2. The second-order valence-corrected chi connectivity index (χ2v) is 13.0. The highest BCUT2D eigenvalue weighted by Gasteiger charge is 2.27. The highest BCUT2D eigenvalue weighted by Crippen LogP contribution is 2.40. The van der Waals surface area contributed by atoms with Crippen molar-refractivity contribution >= 4 is 59.8 Å². The van der Waals surface area contributed by atoms with Crippen molar-refractivity contribution in [2.24, 2.45) is 0 Å². The van der Waals surface area contributed by atoms with E-state index in [1.807, 2.05) is 0 Å². The maximum Gasteiger partial charge on any atom is 0.104 e. The lowest BCUT2D eigenvalue weighted by molar-refractivity contribution is 0.444. The molecule has 8 aromatic carbocycles. The van der Waals surface area contributed by atoms with Gasteiger partial charge in [0.05, 0.1) is 17.1 Å². The van der Waals surface area contributed by atoms with Gasteiger partial charge in [0.1, 0.15) is 6.17 Å². The van der Waals surface area contributed by atoms with Gasteiger partial charge in [0.15, 0.2) is 0 Å². The van der Waals surface area contributed by atoms with Crippen LogP contribution in [0.5, 0.6) is 0 Å². The van der Waals surface area contributed by atoms with Crippen molar-refractivity contribution in [1.82, 2.24) is 15.2 Å². The standard InChI is InChI=1S/C46H33N3/c1-3-13-30(14-4-1)46-47-41(37-21-11-20-35-36(37)26-25-33-27-31-15-7-8-16-32(31)28-40(33)35)29-42(48-46)38-22-12-24-44-45(38)39-19-9-10-23-43(39)49(44)34-17-5-2-6-18-34/h1-29,42,46-48H. The molecule has 0 bridgehead atoms. The minimum Gasteiger partial charge on any atom is -0.366 e. The van der Waals surface area contributed by atoms with Crippen molar-refractivity contribution in [2.75, 3.05) is 0 Å². The Hall–Kier alpha value is -6.16. The van der Waals surface area contributed by atoms with Crippen LogP contribution in [0.4, 0.5) is 0 Å². The molecule has 0 saturated heterocycles. The molecular weight excluding hydrogens is 595 g/mol. The third-order valence-electron chi connectivity index (χ3n) is 10.2. The van der Waals surface area contributed by atoms with Crippen molar-refractivity contribution in [1.29, 1.82) is 0 Å². The molecule has 0 spiro atoms. The second kappa shape index (κ2) is 11.2. The average molecular weight is 628 g/mol. The Balaban J connectivity index is 1.20. The normalized spacial score (nSPS) is 16.4. The van der Waals surface area contributed by atoms with Gasteiger partial charge < -0.3 is 9.88 Å². The van der Waals surface area contributed by atoms with Gasteiger partial charge in [0.2, 0.25) is 0 Å². The fourth-order valence-electron chi connectivity index (χ4n) is 7.99. The van der Waals surface area contributed by atoms with E-state index in [4.69, 9.17) is 0 Å². The van der Waals surface area contributed by atoms with E-state index in [1.165, 1.54) is 76.5 Å². The van der Waals surface area contributed by atoms with Crippen LogP contribution in [0.15, 0.2) is 176 Å². The summed E-state index contributed by atoms with van der Waals surface area (Å²) in [6, 6.07) is 61.5. The minimum absolute atomic E-state index is 0.0418. The number of fused-ring (bicyclic) bond motifs is 7. The van der Waals surface area contributed by atoms with Crippen molar-refractivity contribution in [2.45, 2.75) is 12.2 Å². The zero-order valence-corrected chi connectivity index (χ0v) is 26.8. The van der Waals surface area contributed by atoms with E-state index in [1.54, 1.807) is 0 Å². The molecule has 2 unspecified atom stereocenters. The molecule has 0 saturated carbocycles. The summed E-state index contributed by atoms with van der Waals surface area (Å²) in [5.41, 5.74) is 8.39. The number of benzene rings is 8. The highest BCUT2D eigenvalue weighted by molar-refractivity contribution is 6.14. The summed E-state index contributed by atoms with van der Waals surface area (Å²) in [6.07, 6.45) is 2.31. The lowest BCUT2D eigenvalue weighted by Crippen LogP contribution is -2.39. The number of hydrogen-bond acceptors (Lipinski definition) is 2. The summed E-state index contributed by atoms with van der Waals surface area (Å²) in [5, 5.41) is 18.0. The van der Waals surface area contributed by atoms with Crippen molar-refractivity contribution in [3.8, 4) is 5.69 Å². The van der Waals surface area contributed by atoms with Crippen molar-refractivity contribution in [3.63, 3.8) is 0 Å². The summed E-state index contributed by atoms with van der Waals surface area (Å²) in [7, 11) is 0. The monoisotopic (exact) mass is 627 g/mol. The van der Waals surface area contributed by atoms with Crippen molar-refractivity contribution < 1.29 is 0 Å². The van der Waals surface area contributed by atoms with E-state index in [9.17, 15) is 0 Å². The van der Waals surface area contributed by atoms with Crippen LogP contribution < -0.4 is 10.6 Å². The Bertz CT molecular complexity index is 2720. The molecule has 1 aliphatic heterocycles. The van der Waals surface area contributed by atoms with Gasteiger partial charge in [-0.2, -0.15) is 0 Å². The van der Waals surface area contributed by atoms with Gasteiger partial charge in [-0.25, -0.2) is 0 Å². The molecule has 2 N–H and O–H groups in total. The van der Waals surface area contributed by atoms with Crippen LogP contribution in [0.3, 0.4) is 0 Å². The molecule has 0 aliphatic carbocycles. The molecule has 2 atom stereocenters. The zero-order chi connectivity index (χ0) is 32.3. The van der Waals surface area contributed by atoms with Crippen LogP contribution in [0.2, 0.25) is 0 Å². The van der Waals surface area contributed by atoms with E-state index in [2.05, 4.69) is 191 Å². The highest BCUT2D eigenvalue weighted by atomic mass is 15.2. The summed E-state index contributed by atoms with van der Waals surface area (Å²) >= 11 is 0. The smallest absolute Gasteiger partial charge is 0.104 e. The number of aromatic nitrogens is 1. The van der Waals surface area contributed by atoms with Gasteiger partial charge in [0, 0.05) is 27.7 Å². The SMILES string of the molecule is C1=C(c2cccc3c2ccc2cc4ccccc4cc23)NC(c2ccccc2)NC1c1cccc2c1c1ccccc1n2-c1ccccc1. The van der Waals surface area contributed by atoms with Crippen LogP contribution >= 0.6 is 0 Å². The first kappa shape index (κ1) is 27.9. The predicted molar refractivity (Wildman–Crippen MR) is 206 cm³/mol. The molecule has 0 fully saturated rings. The summed E-state index contributed by atoms with van der Waals surface area (Å²) in [5.74, 6) is 0. The number of para-hydroxylation sites is 2. The maximum absolute atomic E-state index is 3.99. The molecule has 232 valence electrons. The van der Waals surface area contributed by atoms with E-state index in [-0.39, 0.29) is 12.2 Å². The molecule has 9 aromatic rings. The summed E-state index contributed by atoms with van der Waals surface area (Å²) in [4.78, 5) is 0. The third kappa shape index (κ3) is 4.55. The average Bonchev–Trinajstić information content (AvgIpc) is 3.52. The van der Waals surface area contributed by atoms with E-state index >= 15 is 0 Å². The first-order valence-corrected chi connectivity index (χ1v) is 17.0.